The molecule has 1 atom stereocenters. The highest BCUT2D eigenvalue weighted by atomic mass is 32.1. The van der Waals surface area contributed by atoms with Crippen LogP contribution in [0.25, 0.3) is 0 Å². The molecule has 128 valence electrons. The van der Waals surface area contributed by atoms with E-state index in [-0.39, 0.29) is 5.91 Å². The van der Waals surface area contributed by atoms with E-state index < -0.39 is 0 Å². The van der Waals surface area contributed by atoms with Gasteiger partial charge in [0.2, 0.25) is 5.91 Å². The summed E-state index contributed by atoms with van der Waals surface area (Å²) in [4.78, 5) is 14.7. The molecule has 1 saturated heterocycles. The first kappa shape index (κ1) is 16.8. The molecule has 0 bridgehead atoms. The minimum atomic E-state index is -0.0209. The molecule has 1 aromatic carbocycles. The topological polar surface area (TPSA) is 50.8 Å². The zero-order valence-electron chi connectivity index (χ0n) is 14.0. The monoisotopic (exact) mass is 346 g/mol. The van der Waals surface area contributed by atoms with Crippen molar-refractivity contribution < 1.29 is 14.3 Å². The Balaban J connectivity index is 1.65. The Morgan fingerprint density at radius 3 is 2.67 bits per heavy atom. The molecule has 1 aliphatic rings. The van der Waals surface area contributed by atoms with Crippen molar-refractivity contribution in [1.82, 2.24) is 4.90 Å². The second kappa shape index (κ2) is 7.68. The van der Waals surface area contributed by atoms with Crippen molar-refractivity contribution in [2.24, 2.45) is 0 Å². The fourth-order valence-corrected chi connectivity index (χ4v) is 3.83. The van der Waals surface area contributed by atoms with Crippen LogP contribution in [0.2, 0.25) is 0 Å². The van der Waals surface area contributed by atoms with E-state index in [0.717, 1.165) is 19.4 Å². The third-order valence-corrected chi connectivity index (χ3v) is 4.97. The highest BCUT2D eigenvalue weighted by molar-refractivity contribution is 7.07. The number of amides is 1. The van der Waals surface area contributed by atoms with Crippen LogP contribution in [0, 0.1) is 0 Å². The van der Waals surface area contributed by atoms with Gasteiger partial charge in [0.1, 0.15) is 11.5 Å². The van der Waals surface area contributed by atoms with Crippen LogP contribution in [-0.4, -0.2) is 38.1 Å². The summed E-state index contributed by atoms with van der Waals surface area (Å²) in [6.45, 7) is 1.34. The van der Waals surface area contributed by atoms with E-state index in [9.17, 15) is 4.79 Å². The summed E-state index contributed by atoms with van der Waals surface area (Å²) in [5.41, 5.74) is 2.00. The highest BCUT2D eigenvalue weighted by Crippen LogP contribution is 2.33. The van der Waals surface area contributed by atoms with E-state index in [1.807, 2.05) is 0 Å². The van der Waals surface area contributed by atoms with E-state index in [4.69, 9.17) is 9.47 Å². The van der Waals surface area contributed by atoms with Gasteiger partial charge in [0.25, 0.3) is 0 Å². The molecule has 6 heteroatoms. The van der Waals surface area contributed by atoms with Gasteiger partial charge in [-0.1, -0.05) is 0 Å². The standard InChI is InChI=1S/C18H22N2O3S/c1-22-15-8-14(9-16(10-15)23-2)19-18(21)11-20-6-3-4-17(20)13-5-7-24-12-13/h5,7-10,12,17H,3-4,6,11H2,1-2H3,(H,19,21). The van der Waals surface area contributed by atoms with Gasteiger partial charge in [0.05, 0.1) is 20.8 Å². The van der Waals surface area contributed by atoms with Gasteiger partial charge in [0, 0.05) is 29.9 Å². The van der Waals surface area contributed by atoms with Gasteiger partial charge in [-0.05, 0) is 41.8 Å². The third-order valence-electron chi connectivity index (χ3n) is 4.27. The van der Waals surface area contributed by atoms with E-state index in [2.05, 4.69) is 27.0 Å². The molecular weight excluding hydrogens is 324 g/mol. The molecule has 1 aliphatic heterocycles. The van der Waals surface area contributed by atoms with E-state index in [1.54, 1.807) is 43.8 Å². The zero-order valence-corrected chi connectivity index (χ0v) is 14.8. The number of benzene rings is 1. The average molecular weight is 346 g/mol. The van der Waals surface area contributed by atoms with Crippen LogP contribution in [0.5, 0.6) is 11.5 Å². The van der Waals surface area contributed by atoms with Crippen molar-refractivity contribution in [3.63, 3.8) is 0 Å². The zero-order chi connectivity index (χ0) is 16.9. The number of methoxy groups -OCH3 is 2. The Hall–Kier alpha value is -2.05. The minimum absolute atomic E-state index is 0.0209. The fraction of sp³-hybridized carbons (Fsp3) is 0.389. The Bertz CT molecular complexity index is 665. The van der Waals surface area contributed by atoms with Gasteiger partial charge >= 0.3 is 0 Å². The van der Waals surface area contributed by atoms with Crippen LogP contribution < -0.4 is 14.8 Å². The lowest BCUT2D eigenvalue weighted by Crippen LogP contribution is -2.32. The van der Waals surface area contributed by atoms with Crippen LogP contribution in [0.3, 0.4) is 0 Å². The summed E-state index contributed by atoms with van der Waals surface area (Å²) < 4.78 is 10.5. The molecule has 1 aromatic heterocycles. The van der Waals surface area contributed by atoms with Gasteiger partial charge in [-0.25, -0.2) is 0 Å². The van der Waals surface area contributed by atoms with Crippen LogP contribution in [0.15, 0.2) is 35.0 Å². The van der Waals surface area contributed by atoms with Crippen molar-refractivity contribution in [3.8, 4) is 11.5 Å². The molecule has 3 rings (SSSR count). The highest BCUT2D eigenvalue weighted by Gasteiger charge is 2.27. The van der Waals surface area contributed by atoms with Crippen LogP contribution in [0.1, 0.15) is 24.4 Å². The lowest BCUT2D eigenvalue weighted by molar-refractivity contribution is -0.117. The van der Waals surface area contributed by atoms with Crippen LogP contribution in [0.4, 0.5) is 5.69 Å². The maximum atomic E-state index is 12.5. The number of nitrogens with one attached hydrogen (secondary N) is 1. The molecule has 0 radical (unpaired) electrons. The lowest BCUT2D eigenvalue weighted by atomic mass is 10.1. The van der Waals surface area contributed by atoms with Gasteiger partial charge in [-0.15, -0.1) is 0 Å². The molecular formula is C18H22N2O3S. The van der Waals surface area contributed by atoms with Crippen molar-refractivity contribution >= 4 is 22.9 Å². The van der Waals surface area contributed by atoms with Crippen molar-refractivity contribution in [2.45, 2.75) is 18.9 Å². The minimum Gasteiger partial charge on any atom is -0.497 e. The van der Waals surface area contributed by atoms with E-state index >= 15 is 0 Å². The predicted octanol–water partition coefficient (Wildman–Crippen LogP) is 3.54. The summed E-state index contributed by atoms with van der Waals surface area (Å²) in [7, 11) is 3.19. The Labute approximate surface area is 146 Å². The van der Waals surface area contributed by atoms with Gasteiger partial charge < -0.3 is 14.8 Å². The predicted molar refractivity (Wildman–Crippen MR) is 96.0 cm³/mol. The first-order valence-corrected chi connectivity index (χ1v) is 8.93. The molecule has 0 saturated carbocycles. The molecule has 1 amide bonds. The second-order valence-corrected chi connectivity index (χ2v) is 6.61. The summed E-state index contributed by atoms with van der Waals surface area (Å²) >= 11 is 1.70. The Morgan fingerprint density at radius 2 is 2.04 bits per heavy atom. The summed E-state index contributed by atoms with van der Waals surface area (Å²) in [6.07, 6.45) is 2.23. The normalized spacial score (nSPS) is 17.7. The maximum Gasteiger partial charge on any atom is 0.238 e. The molecule has 5 nitrogen and oxygen atoms in total. The molecule has 0 spiro atoms. The molecule has 1 unspecified atom stereocenters. The molecule has 1 fully saturated rings. The smallest absolute Gasteiger partial charge is 0.238 e. The second-order valence-electron chi connectivity index (χ2n) is 5.83. The number of nitrogens with zero attached hydrogens (tertiary/aromatic N) is 1. The molecule has 2 aromatic rings. The number of ether oxygens (including phenoxy) is 2. The lowest BCUT2D eigenvalue weighted by Gasteiger charge is -2.23. The first-order chi connectivity index (χ1) is 11.7. The number of carbonyl (C=O) groups excluding carboxylic acids is 1. The van der Waals surface area contributed by atoms with Crippen molar-refractivity contribution in [1.29, 1.82) is 0 Å². The number of hydrogen-bond acceptors (Lipinski definition) is 5. The molecule has 0 aliphatic carbocycles. The van der Waals surface area contributed by atoms with Gasteiger partial charge in [-0.3, -0.25) is 9.69 Å². The van der Waals surface area contributed by atoms with Crippen LogP contribution in [-0.2, 0) is 4.79 Å². The maximum absolute atomic E-state index is 12.5. The van der Waals surface area contributed by atoms with Crippen molar-refractivity contribution in [3.05, 3.63) is 40.6 Å². The SMILES string of the molecule is COc1cc(NC(=O)CN2CCCC2c2ccsc2)cc(OC)c1. The average Bonchev–Trinajstić information content (AvgIpc) is 3.25. The summed E-state index contributed by atoms with van der Waals surface area (Å²) in [6, 6.07) is 7.87. The number of hydrogen-bond donors (Lipinski definition) is 1. The molecule has 2 heterocycles. The Kier molecular flexibility index (Phi) is 5.37. The van der Waals surface area contributed by atoms with Crippen LogP contribution >= 0.6 is 11.3 Å². The summed E-state index contributed by atoms with van der Waals surface area (Å²) in [5.74, 6) is 1.29. The van der Waals surface area contributed by atoms with Gasteiger partial charge in [0.15, 0.2) is 0 Å². The number of likely N-dealkylation sites (tertiary alicyclic amines) is 1. The Morgan fingerprint density at radius 1 is 1.29 bits per heavy atom. The quantitative estimate of drug-likeness (QED) is 0.869. The van der Waals surface area contributed by atoms with Gasteiger partial charge in [-0.2, -0.15) is 11.3 Å². The number of thiophene rings is 1. The molecule has 24 heavy (non-hydrogen) atoms. The number of carbonyl (C=O) groups is 1. The number of rotatable bonds is 6. The largest absolute Gasteiger partial charge is 0.497 e. The molecule has 1 N–H and O–H groups in total. The summed E-state index contributed by atoms with van der Waals surface area (Å²) in [5, 5.41) is 7.21. The van der Waals surface area contributed by atoms with E-state index in [1.165, 1.54) is 5.56 Å². The van der Waals surface area contributed by atoms with Crippen molar-refractivity contribution in [2.75, 3.05) is 32.6 Å². The first-order valence-electron chi connectivity index (χ1n) is 7.98. The van der Waals surface area contributed by atoms with E-state index in [0.29, 0.717) is 29.8 Å². The fourth-order valence-electron chi connectivity index (χ4n) is 3.12. The number of anilines is 1. The third kappa shape index (κ3) is 3.88.